The third-order valence-corrected chi connectivity index (χ3v) is 5.92. The van der Waals surface area contributed by atoms with Crippen LogP contribution in [0, 0.1) is 5.92 Å². The molecule has 0 saturated carbocycles. The number of morpholine rings is 1. The Morgan fingerprint density at radius 3 is 2.35 bits per heavy atom. The molecule has 23 heavy (non-hydrogen) atoms. The Kier molecular flexibility index (Phi) is 6.16. The highest BCUT2D eigenvalue weighted by atomic mass is 35.5. The Morgan fingerprint density at radius 1 is 1.13 bits per heavy atom. The van der Waals surface area contributed by atoms with Gasteiger partial charge in [0.15, 0.2) is 0 Å². The molecule has 2 fully saturated rings. The summed E-state index contributed by atoms with van der Waals surface area (Å²) in [7, 11) is 0. The van der Waals surface area contributed by atoms with Crippen LogP contribution in [0.2, 0.25) is 10.0 Å². The zero-order valence-electron chi connectivity index (χ0n) is 13.7. The molecule has 3 heterocycles. The number of piperidine rings is 1. The lowest BCUT2D eigenvalue weighted by Gasteiger charge is -2.41. The summed E-state index contributed by atoms with van der Waals surface area (Å²) < 4.78 is 5.46. The van der Waals surface area contributed by atoms with E-state index in [9.17, 15) is 0 Å². The van der Waals surface area contributed by atoms with E-state index >= 15 is 0 Å². The van der Waals surface area contributed by atoms with E-state index in [-0.39, 0.29) is 0 Å². The molecule has 0 bridgehead atoms. The SMILES string of the molecule is CC(C1CCN(Cc2c(Cl)cncc2Cl)CC1)N1CCOCC1. The van der Waals surface area contributed by atoms with Gasteiger partial charge in [-0.1, -0.05) is 23.2 Å². The molecule has 0 amide bonds. The van der Waals surface area contributed by atoms with Gasteiger partial charge in [-0.15, -0.1) is 0 Å². The van der Waals surface area contributed by atoms with Gasteiger partial charge in [-0.3, -0.25) is 14.8 Å². The minimum Gasteiger partial charge on any atom is -0.379 e. The summed E-state index contributed by atoms with van der Waals surface area (Å²) >= 11 is 12.5. The van der Waals surface area contributed by atoms with Crippen molar-refractivity contribution in [2.75, 3.05) is 39.4 Å². The second-order valence-corrected chi connectivity index (χ2v) is 7.40. The molecule has 0 radical (unpaired) electrons. The summed E-state index contributed by atoms with van der Waals surface area (Å²) in [4.78, 5) is 9.06. The molecule has 1 aromatic heterocycles. The first kappa shape index (κ1) is 17.4. The lowest BCUT2D eigenvalue weighted by molar-refractivity contribution is -0.00192. The van der Waals surface area contributed by atoms with Gasteiger partial charge in [0.2, 0.25) is 0 Å². The van der Waals surface area contributed by atoms with Gasteiger partial charge in [0.25, 0.3) is 0 Å². The van der Waals surface area contributed by atoms with Crippen LogP contribution in [0.1, 0.15) is 25.3 Å². The van der Waals surface area contributed by atoms with Crippen molar-refractivity contribution in [3.05, 3.63) is 28.0 Å². The van der Waals surface area contributed by atoms with E-state index < -0.39 is 0 Å². The van der Waals surface area contributed by atoms with Crippen LogP contribution in [-0.2, 0) is 11.3 Å². The number of ether oxygens (including phenoxy) is 1. The molecule has 0 spiro atoms. The Hall–Kier alpha value is -0.390. The van der Waals surface area contributed by atoms with Crippen molar-refractivity contribution in [2.24, 2.45) is 5.92 Å². The first-order chi connectivity index (χ1) is 11.1. The highest BCUT2D eigenvalue weighted by Gasteiger charge is 2.28. The van der Waals surface area contributed by atoms with Gasteiger partial charge in [0.05, 0.1) is 23.3 Å². The molecule has 1 unspecified atom stereocenters. The Balaban J connectivity index is 1.52. The molecule has 2 aliphatic rings. The molecule has 2 saturated heterocycles. The summed E-state index contributed by atoms with van der Waals surface area (Å²) in [6.07, 6.45) is 5.82. The lowest BCUT2D eigenvalue weighted by atomic mass is 9.89. The highest BCUT2D eigenvalue weighted by Crippen LogP contribution is 2.29. The van der Waals surface area contributed by atoms with Crippen molar-refractivity contribution in [1.29, 1.82) is 0 Å². The predicted octanol–water partition coefficient (Wildman–Crippen LogP) is 3.32. The molecule has 6 heteroatoms. The first-order valence-electron chi connectivity index (χ1n) is 8.47. The highest BCUT2D eigenvalue weighted by molar-refractivity contribution is 6.35. The number of rotatable bonds is 4. The van der Waals surface area contributed by atoms with Gasteiger partial charge >= 0.3 is 0 Å². The van der Waals surface area contributed by atoms with Crippen LogP contribution in [-0.4, -0.2) is 60.2 Å². The lowest BCUT2D eigenvalue weighted by Crippen LogP contribution is -2.48. The fourth-order valence-electron chi connectivity index (χ4n) is 3.69. The van der Waals surface area contributed by atoms with Gasteiger partial charge in [-0.25, -0.2) is 0 Å². The number of halogens is 2. The molecular weight excluding hydrogens is 333 g/mol. The molecule has 1 atom stereocenters. The predicted molar refractivity (Wildman–Crippen MR) is 94.1 cm³/mol. The number of nitrogens with zero attached hydrogens (tertiary/aromatic N) is 3. The van der Waals surface area contributed by atoms with Crippen molar-refractivity contribution in [1.82, 2.24) is 14.8 Å². The average molecular weight is 358 g/mol. The zero-order chi connectivity index (χ0) is 16.2. The van der Waals surface area contributed by atoms with Gasteiger partial charge in [0, 0.05) is 43.6 Å². The van der Waals surface area contributed by atoms with Crippen LogP contribution < -0.4 is 0 Å². The molecule has 128 valence electrons. The summed E-state index contributed by atoms with van der Waals surface area (Å²) in [5.41, 5.74) is 1.00. The van der Waals surface area contributed by atoms with E-state index in [0.717, 1.165) is 57.4 Å². The molecule has 0 aromatic carbocycles. The van der Waals surface area contributed by atoms with Gasteiger partial charge in [0.1, 0.15) is 0 Å². The van der Waals surface area contributed by atoms with Crippen LogP contribution in [0.3, 0.4) is 0 Å². The Labute approximate surface area is 148 Å². The Morgan fingerprint density at radius 2 is 1.74 bits per heavy atom. The third kappa shape index (κ3) is 4.37. The molecular formula is C17H25Cl2N3O. The number of aromatic nitrogens is 1. The summed E-state index contributed by atoms with van der Waals surface area (Å²) in [6, 6.07) is 0.647. The van der Waals surface area contributed by atoms with E-state index in [4.69, 9.17) is 27.9 Å². The summed E-state index contributed by atoms with van der Waals surface area (Å²) in [5.74, 6) is 0.771. The van der Waals surface area contributed by atoms with Crippen molar-refractivity contribution in [3.8, 4) is 0 Å². The van der Waals surface area contributed by atoms with Crippen LogP contribution in [0.5, 0.6) is 0 Å². The van der Waals surface area contributed by atoms with Crippen molar-refractivity contribution in [3.63, 3.8) is 0 Å². The fraction of sp³-hybridized carbons (Fsp3) is 0.706. The monoisotopic (exact) mass is 357 g/mol. The molecule has 3 rings (SSSR count). The molecule has 0 N–H and O–H groups in total. The second-order valence-electron chi connectivity index (χ2n) is 6.58. The minimum atomic E-state index is 0.647. The van der Waals surface area contributed by atoms with Crippen LogP contribution >= 0.6 is 23.2 Å². The quantitative estimate of drug-likeness (QED) is 0.826. The maximum atomic E-state index is 6.24. The van der Waals surface area contributed by atoms with Gasteiger partial charge in [-0.2, -0.15) is 0 Å². The Bertz CT molecular complexity index is 494. The zero-order valence-corrected chi connectivity index (χ0v) is 15.2. The van der Waals surface area contributed by atoms with Crippen LogP contribution in [0.25, 0.3) is 0 Å². The van der Waals surface area contributed by atoms with Crippen LogP contribution in [0.15, 0.2) is 12.4 Å². The van der Waals surface area contributed by atoms with Crippen molar-refractivity contribution < 1.29 is 4.74 Å². The summed E-state index contributed by atoms with van der Waals surface area (Å²) in [6.45, 7) is 9.31. The topological polar surface area (TPSA) is 28.6 Å². The standard InChI is InChI=1S/C17H25Cl2N3O/c1-13(22-6-8-23-9-7-22)14-2-4-21(5-3-14)12-15-16(18)10-20-11-17(15)19/h10-11,13-14H,2-9,12H2,1H3. The average Bonchev–Trinajstić information content (AvgIpc) is 2.59. The van der Waals surface area contributed by atoms with Gasteiger partial charge < -0.3 is 4.74 Å². The van der Waals surface area contributed by atoms with Crippen molar-refractivity contribution in [2.45, 2.75) is 32.4 Å². The van der Waals surface area contributed by atoms with E-state index in [1.807, 2.05) is 0 Å². The number of hydrogen-bond acceptors (Lipinski definition) is 4. The largest absolute Gasteiger partial charge is 0.379 e. The maximum absolute atomic E-state index is 6.24. The molecule has 2 aliphatic heterocycles. The third-order valence-electron chi connectivity index (χ3n) is 5.27. The van der Waals surface area contributed by atoms with Crippen LogP contribution in [0.4, 0.5) is 0 Å². The van der Waals surface area contributed by atoms with Crippen molar-refractivity contribution >= 4 is 23.2 Å². The fourth-order valence-corrected chi connectivity index (χ4v) is 4.17. The maximum Gasteiger partial charge on any atom is 0.0649 e. The normalized spacial score (nSPS) is 23.1. The first-order valence-corrected chi connectivity index (χ1v) is 9.23. The van der Waals surface area contributed by atoms with E-state index in [0.29, 0.717) is 16.1 Å². The molecule has 4 nitrogen and oxygen atoms in total. The number of likely N-dealkylation sites (tertiary alicyclic amines) is 1. The van der Waals surface area contributed by atoms with Gasteiger partial charge in [-0.05, 0) is 38.8 Å². The summed E-state index contributed by atoms with van der Waals surface area (Å²) in [5, 5.41) is 1.34. The number of pyridine rings is 1. The number of hydrogen-bond donors (Lipinski definition) is 0. The van der Waals surface area contributed by atoms with E-state index in [1.54, 1.807) is 12.4 Å². The molecule has 0 aliphatic carbocycles. The molecule has 1 aromatic rings. The second kappa shape index (κ2) is 8.13. The van der Waals surface area contributed by atoms with E-state index in [1.165, 1.54) is 12.8 Å². The smallest absolute Gasteiger partial charge is 0.0649 e. The van der Waals surface area contributed by atoms with E-state index in [2.05, 4.69) is 21.7 Å². The minimum absolute atomic E-state index is 0.647.